The van der Waals surface area contributed by atoms with E-state index in [2.05, 4.69) is 22.2 Å². The first-order valence-corrected chi connectivity index (χ1v) is 9.10. The summed E-state index contributed by atoms with van der Waals surface area (Å²) in [6, 6.07) is 7.29. The van der Waals surface area contributed by atoms with E-state index >= 15 is 0 Å². The molecule has 0 aliphatic carbocycles. The molecule has 2 aromatic rings. The number of benzene rings is 1. The van der Waals surface area contributed by atoms with E-state index in [1.165, 1.54) is 0 Å². The van der Waals surface area contributed by atoms with Crippen LogP contribution in [0.3, 0.4) is 0 Å². The predicted molar refractivity (Wildman–Crippen MR) is 100 cm³/mol. The molecule has 1 N–H and O–H groups in total. The molecule has 1 aliphatic heterocycles. The van der Waals surface area contributed by atoms with Crippen LogP contribution in [0.25, 0.3) is 10.9 Å². The lowest BCUT2D eigenvalue weighted by Crippen LogP contribution is -2.35. The van der Waals surface area contributed by atoms with E-state index in [0.29, 0.717) is 49.4 Å². The molecule has 1 aliphatic rings. The van der Waals surface area contributed by atoms with Crippen molar-refractivity contribution in [2.75, 3.05) is 39.9 Å². The summed E-state index contributed by atoms with van der Waals surface area (Å²) in [5.41, 5.74) is 0.636. The minimum atomic E-state index is -0.0605. The summed E-state index contributed by atoms with van der Waals surface area (Å²) in [5, 5.41) is 3.59. The van der Waals surface area contributed by atoms with Crippen LogP contribution >= 0.6 is 0 Å². The highest BCUT2D eigenvalue weighted by Crippen LogP contribution is 2.06. The number of hydrogen-bond donors (Lipinski definition) is 1. The Morgan fingerprint density at radius 3 is 3.12 bits per heavy atom. The predicted octanol–water partition coefficient (Wildman–Crippen LogP) is 0.871. The van der Waals surface area contributed by atoms with E-state index < -0.39 is 0 Å². The lowest BCUT2D eigenvalue weighted by Gasteiger charge is -2.19. The number of aryl methyl sites for hydroxylation is 1. The van der Waals surface area contributed by atoms with E-state index in [-0.39, 0.29) is 11.5 Å². The van der Waals surface area contributed by atoms with Crippen LogP contribution < -0.4 is 10.9 Å². The highest BCUT2D eigenvalue weighted by molar-refractivity contribution is 5.77. The van der Waals surface area contributed by atoms with E-state index in [1.54, 1.807) is 17.0 Å². The number of nitrogens with one attached hydrogen (secondary N) is 1. The van der Waals surface area contributed by atoms with E-state index in [9.17, 15) is 9.59 Å². The number of para-hydroxylation sites is 1. The monoisotopic (exact) mass is 358 g/mol. The lowest BCUT2D eigenvalue weighted by atomic mass is 10.1. The summed E-state index contributed by atoms with van der Waals surface area (Å²) >= 11 is 0. The molecule has 1 amide bonds. The van der Waals surface area contributed by atoms with Crippen molar-refractivity contribution in [3.63, 3.8) is 0 Å². The van der Waals surface area contributed by atoms with Gasteiger partial charge in [-0.1, -0.05) is 12.1 Å². The molecule has 1 aromatic carbocycles. The number of fused-ring (bicyclic) bond motifs is 1. The number of carbonyl (C=O) groups is 1. The molecule has 140 valence electrons. The molecular weight excluding hydrogens is 332 g/mol. The van der Waals surface area contributed by atoms with Crippen LogP contribution in [-0.2, 0) is 16.1 Å². The fraction of sp³-hybridized carbons (Fsp3) is 0.526. The van der Waals surface area contributed by atoms with Crippen LogP contribution in [0, 0.1) is 5.92 Å². The maximum absolute atomic E-state index is 12.4. The molecule has 0 radical (unpaired) electrons. The molecule has 2 heterocycles. The first kappa shape index (κ1) is 18.5. The number of hydrogen-bond acceptors (Lipinski definition) is 5. The van der Waals surface area contributed by atoms with Gasteiger partial charge in [-0.05, 0) is 25.6 Å². The quantitative estimate of drug-likeness (QED) is 0.829. The SMILES string of the molecule is CN1CCOC[C@@H](CNC(=O)CCCn2cnc3ccccc3c2=O)C1. The molecule has 1 saturated heterocycles. The maximum Gasteiger partial charge on any atom is 0.261 e. The van der Waals surface area contributed by atoms with Gasteiger partial charge in [0.25, 0.3) is 5.56 Å². The van der Waals surface area contributed by atoms with Crippen molar-refractivity contribution in [2.24, 2.45) is 5.92 Å². The highest BCUT2D eigenvalue weighted by Gasteiger charge is 2.16. The molecule has 0 saturated carbocycles. The van der Waals surface area contributed by atoms with Gasteiger partial charge in [0.05, 0.1) is 30.4 Å². The van der Waals surface area contributed by atoms with Crippen molar-refractivity contribution in [2.45, 2.75) is 19.4 Å². The Bertz CT molecular complexity index is 805. The zero-order valence-corrected chi connectivity index (χ0v) is 15.2. The number of carbonyl (C=O) groups excluding carboxylic acids is 1. The van der Waals surface area contributed by atoms with Gasteiger partial charge < -0.3 is 15.0 Å². The summed E-state index contributed by atoms with van der Waals surface area (Å²) in [6.07, 6.45) is 2.55. The van der Waals surface area contributed by atoms with E-state index in [1.807, 2.05) is 18.2 Å². The summed E-state index contributed by atoms with van der Waals surface area (Å²) in [6.45, 7) is 4.40. The minimum Gasteiger partial charge on any atom is -0.380 e. The van der Waals surface area contributed by atoms with Gasteiger partial charge in [-0.3, -0.25) is 14.2 Å². The Kier molecular flexibility index (Phi) is 6.35. The molecule has 3 rings (SSSR count). The topological polar surface area (TPSA) is 76.5 Å². The Morgan fingerprint density at radius 2 is 2.23 bits per heavy atom. The smallest absolute Gasteiger partial charge is 0.261 e. The average Bonchev–Trinajstić information content (AvgIpc) is 2.86. The van der Waals surface area contributed by atoms with Crippen molar-refractivity contribution in [1.29, 1.82) is 0 Å². The molecule has 0 bridgehead atoms. The largest absolute Gasteiger partial charge is 0.380 e. The third-order valence-corrected chi connectivity index (χ3v) is 4.66. The molecule has 1 atom stereocenters. The van der Waals surface area contributed by atoms with Gasteiger partial charge in [0.1, 0.15) is 0 Å². The second kappa shape index (κ2) is 8.91. The maximum atomic E-state index is 12.4. The second-order valence-corrected chi connectivity index (χ2v) is 6.87. The fourth-order valence-electron chi connectivity index (χ4n) is 3.20. The van der Waals surface area contributed by atoms with Crippen LogP contribution in [0.15, 0.2) is 35.4 Å². The van der Waals surface area contributed by atoms with E-state index in [0.717, 1.165) is 19.7 Å². The fourth-order valence-corrected chi connectivity index (χ4v) is 3.20. The number of amides is 1. The molecular formula is C19H26N4O3. The van der Waals surface area contributed by atoms with Crippen LogP contribution in [-0.4, -0.2) is 60.3 Å². The van der Waals surface area contributed by atoms with Gasteiger partial charge in [0.15, 0.2) is 0 Å². The minimum absolute atomic E-state index is 0.0127. The number of aromatic nitrogens is 2. The molecule has 1 aromatic heterocycles. The highest BCUT2D eigenvalue weighted by atomic mass is 16.5. The third kappa shape index (κ3) is 4.89. The normalized spacial score (nSPS) is 18.6. The zero-order valence-electron chi connectivity index (χ0n) is 15.2. The molecule has 0 unspecified atom stereocenters. The summed E-state index contributed by atoms with van der Waals surface area (Å²) in [7, 11) is 2.07. The van der Waals surface area contributed by atoms with Crippen LogP contribution in [0.1, 0.15) is 12.8 Å². The van der Waals surface area contributed by atoms with Crippen LogP contribution in [0.4, 0.5) is 0 Å². The first-order chi connectivity index (χ1) is 12.6. The van der Waals surface area contributed by atoms with Gasteiger partial charge in [0.2, 0.25) is 5.91 Å². The Hall–Kier alpha value is -2.25. The van der Waals surface area contributed by atoms with Gasteiger partial charge in [0, 0.05) is 38.5 Å². The first-order valence-electron chi connectivity index (χ1n) is 9.10. The van der Waals surface area contributed by atoms with Crippen molar-refractivity contribution >= 4 is 16.8 Å². The number of likely N-dealkylation sites (N-methyl/N-ethyl adjacent to an activating group) is 1. The van der Waals surface area contributed by atoms with Gasteiger partial charge >= 0.3 is 0 Å². The van der Waals surface area contributed by atoms with Crippen LogP contribution in [0.5, 0.6) is 0 Å². The number of rotatable bonds is 6. The zero-order chi connectivity index (χ0) is 18.4. The Morgan fingerprint density at radius 1 is 1.38 bits per heavy atom. The van der Waals surface area contributed by atoms with Crippen molar-refractivity contribution < 1.29 is 9.53 Å². The summed E-state index contributed by atoms with van der Waals surface area (Å²) in [4.78, 5) is 31.0. The molecule has 7 heteroatoms. The number of nitrogens with zero attached hydrogens (tertiary/aromatic N) is 3. The van der Waals surface area contributed by atoms with Gasteiger partial charge in [-0.15, -0.1) is 0 Å². The van der Waals surface area contributed by atoms with Crippen molar-refractivity contribution in [3.8, 4) is 0 Å². The second-order valence-electron chi connectivity index (χ2n) is 6.87. The third-order valence-electron chi connectivity index (χ3n) is 4.66. The summed E-state index contributed by atoms with van der Waals surface area (Å²) in [5.74, 6) is 0.331. The van der Waals surface area contributed by atoms with Gasteiger partial charge in [-0.2, -0.15) is 0 Å². The molecule has 7 nitrogen and oxygen atoms in total. The molecule has 26 heavy (non-hydrogen) atoms. The lowest BCUT2D eigenvalue weighted by molar-refractivity contribution is -0.121. The van der Waals surface area contributed by atoms with Crippen LogP contribution in [0.2, 0.25) is 0 Å². The van der Waals surface area contributed by atoms with Gasteiger partial charge in [-0.25, -0.2) is 4.98 Å². The van der Waals surface area contributed by atoms with Crippen molar-refractivity contribution in [3.05, 3.63) is 40.9 Å². The van der Waals surface area contributed by atoms with E-state index in [4.69, 9.17) is 4.74 Å². The molecule has 1 fully saturated rings. The Balaban J connectivity index is 1.45. The Labute approximate surface area is 153 Å². The molecule has 0 spiro atoms. The summed E-state index contributed by atoms with van der Waals surface area (Å²) < 4.78 is 7.13. The average molecular weight is 358 g/mol. The van der Waals surface area contributed by atoms with Crippen molar-refractivity contribution in [1.82, 2.24) is 19.8 Å². The standard InChI is InChI=1S/C19H26N4O3/c1-22-9-10-26-13-15(12-22)11-20-18(24)7-4-8-23-14-21-17-6-3-2-5-16(17)19(23)25/h2-3,5-6,14-15H,4,7-13H2,1H3,(H,20,24)/t15-/m0/s1. The number of ether oxygens (including phenoxy) is 1.